The Labute approximate surface area is 185 Å². The molecule has 7 heteroatoms. The third-order valence-corrected chi connectivity index (χ3v) is 7.44. The number of carbonyl (C=O) groups is 2. The van der Waals surface area contributed by atoms with Crippen molar-refractivity contribution in [3.05, 3.63) is 64.7 Å². The van der Waals surface area contributed by atoms with E-state index in [-0.39, 0.29) is 35.5 Å². The monoisotopic (exact) mass is 444 g/mol. The van der Waals surface area contributed by atoms with Crippen LogP contribution in [-0.2, 0) is 14.8 Å². The molecule has 0 heterocycles. The number of sulfonamides is 1. The molecular weight excluding hydrogens is 412 g/mol. The van der Waals surface area contributed by atoms with Gasteiger partial charge < -0.3 is 5.32 Å². The molecule has 1 amide bonds. The van der Waals surface area contributed by atoms with Crippen LogP contribution in [0.4, 0.5) is 0 Å². The van der Waals surface area contributed by atoms with Gasteiger partial charge in [-0.15, -0.1) is 0 Å². The molecule has 0 radical (unpaired) electrons. The fraction of sp³-hybridized carbons (Fsp3) is 0.417. The van der Waals surface area contributed by atoms with Gasteiger partial charge in [0.1, 0.15) is 0 Å². The predicted octanol–water partition coefficient (Wildman–Crippen LogP) is 4.17. The number of ketones is 1. The highest BCUT2D eigenvalue weighted by atomic mass is 32.2. The maximum Gasteiger partial charge on any atom is 0.243 e. The van der Waals surface area contributed by atoms with Crippen molar-refractivity contribution < 1.29 is 18.0 Å². The maximum atomic E-state index is 12.6. The number of nitrogens with one attached hydrogen (secondary N) is 1. The highest BCUT2D eigenvalue weighted by Gasteiger charge is 2.22. The molecule has 0 bridgehead atoms. The maximum absolute atomic E-state index is 12.6. The molecule has 1 N–H and O–H groups in total. The van der Waals surface area contributed by atoms with Crippen LogP contribution < -0.4 is 5.32 Å². The molecule has 1 unspecified atom stereocenters. The Bertz CT molecular complexity index is 1030. The van der Waals surface area contributed by atoms with Crippen LogP contribution in [0.5, 0.6) is 0 Å². The van der Waals surface area contributed by atoms with Crippen molar-refractivity contribution in [2.75, 3.05) is 13.1 Å². The standard InChI is InChI=1S/C24H32N2O4S/c1-6-26(7-2)31(29,30)21-12-10-20(11-13-21)19(5)25-24(28)15-14-23(27)22-16-17(3)8-9-18(22)4/h8-13,16,19H,6-7,14-15H2,1-5H3,(H,25,28). The Morgan fingerprint density at radius 2 is 1.58 bits per heavy atom. The van der Waals surface area contributed by atoms with Gasteiger partial charge in [-0.05, 0) is 50.1 Å². The van der Waals surface area contributed by atoms with Crippen LogP contribution >= 0.6 is 0 Å². The summed E-state index contributed by atoms with van der Waals surface area (Å²) >= 11 is 0. The highest BCUT2D eigenvalue weighted by molar-refractivity contribution is 7.89. The molecule has 0 saturated carbocycles. The van der Waals surface area contributed by atoms with Crippen molar-refractivity contribution in [3.8, 4) is 0 Å². The van der Waals surface area contributed by atoms with Gasteiger partial charge in [0, 0.05) is 31.5 Å². The number of hydrogen-bond donors (Lipinski definition) is 1. The van der Waals surface area contributed by atoms with Gasteiger partial charge >= 0.3 is 0 Å². The van der Waals surface area contributed by atoms with Crippen LogP contribution in [0.15, 0.2) is 47.4 Å². The molecule has 1 atom stereocenters. The molecule has 6 nitrogen and oxygen atoms in total. The lowest BCUT2D eigenvalue weighted by atomic mass is 9.99. The zero-order chi connectivity index (χ0) is 23.2. The summed E-state index contributed by atoms with van der Waals surface area (Å²) in [6.07, 6.45) is 0.245. The van der Waals surface area contributed by atoms with E-state index in [0.717, 1.165) is 16.7 Å². The number of aryl methyl sites for hydroxylation is 2. The predicted molar refractivity (Wildman–Crippen MR) is 123 cm³/mol. The molecule has 0 aliphatic rings. The summed E-state index contributed by atoms with van der Waals surface area (Å²) < 4.78 is 26.6. The minimum atomic E-state index is -3.51. The Hall–Kier alpha value is -2.51. The summed E-state index contributed by atoms with van der Waals surface area (Å²) in [5, 5.41) is 2.88. The van der Waals surface area contributed by atoms with Crippen LogP contribution in [-0.4, -0.2) is 37.5 Å². The van der Waals surface area contributed by atoms with Crippen molar-refractivity contribution in [2.24, 2.45) is 0 Å². The number of nitrogens with zero attached hydrogens (tertiary/aromatic N) is 1. The van der Waals surface area contributed by atoms with Crippen LogP contribution in [0.25, 0.3) is 0 Å². The van der Waals surface area contributed by atoms with Gasteiger partial charge in [0.15, 0.2) is 5.78 Å². The van der Waals surface area contributed by atoms with E-state index >= 15 is 0 Å². The van der Waals surface area contributed by atoms with Gasteiger partial charge in [-0.1, -0.05) is 43.7 Å². The molecule has 2 aromatic carbocycles. The lowest BCUT2D eigenvalue weighted by molar-refractivity contribution is -0.121. The number of Topliss-reactive ketones (excluding diaryl/α,β-unsaturated/α-hetero) is 1. The van der Waals surface area contributed by atoms with E-state index in [1.807, 2.05) is 39.0 Å². The lowest BCUT2D eigenvalue weighted by Gasteiger charge is -2.19. The second kappa shape index (κ2) is 10.7. The zero-order valence-electron chi connectivity index (χ0n) is 18.9. The first-order valence-corrected chi connectivity index (χ1v) is 12.0. The van der Waals surface area contributed by atoms with E-state index in [2.05, 4.69) is 5.32 Å². The molecule has 2 rings (SSSR count). The van der Waals surface area contributed by atoms with Crippen molar-refractivity contribution in [2.45, 2.75) is 58.4 Å². The van der Waals surface area contributed by atoms with Gasteiger partial charge in [0.25, 0.3) is 0 Å². The summed E-state index contributed by atoms with van der Waals surface area (Å²) in [7, 11) is -3.51. The van der Waals surface area contributed by atoms with Crippen molar-refractivity contribution in [1.29, 1.82) is 0 Å². The molecule has 0 saturated heterocycles. The molecule has 31 heavy (non-hydrogen) atoms. The van der Waals surface area contributed by atoms with E-state index in [1.54, 1.807) is 38.1 Å². The first-order valence-electron chi connectivity index (χ1n) is 10.6. The summed E-state index contributed by atoms with van der Waals surface area (Å²) in [5.41, 5.74) is 3.38. The average Bonchev–Trinajstić information content (AvgIpc) is 2.74. The van der Waals surface area contributed by atoms with Gasteiger partial charge in [-0.25, -0.2) is 8.42 Å². The Kier molecular flexibility index (Phi) is 8.53. The molecule has 0 aliphatic heterocycles. The number of carbonyl (C=O) groups excluding carboxylic acids is 2. The average molecular weight is 445 g/mol. The molecule has 168 valence electrons. The lowest BCUT2D eigenvalue weighted by Crippen LogP contribution is -2.30. The van der Waals surface area contributed by atoms with Crippen LogP contribution in [0, 0.1) is 13.8 Å². The summed E-state index contributed by atoms with van der Waals surface area (Å²) in [6.45, 7) is 10.1. The second-order valence-corrected chi connectivity index (χ2v) is 9.63. The van der Waals surface area contributed by atoms with Gasteiger partial charge in [0.05, 0.1) is 10.9 Å². The second-order valence-electron chi connectivity index (χ2n) is 7.69. The fourth-order valence-electron chi connectivity index (χ4n) is 3.44. The van der Waals surface area contributed by atoms with Gasteiger partial charge in [-0.3, -0.25) is 9.59 Å². The fourth-order valence-corrected chi connectivity index (χ4v) is 4.89. The first-order chi connectivity index (χ1) is 14.6. The number of rotatable bonds is 10. The summed E-state index contributed by atoms with van der Waals surface area (Å²) in [4.78, 5) is 25.0. The number of benzene rings is 2. The zero-order valence-corrected chi connectivity index (χ0v) is 19.8. The molecule has 0 aliphatic carbocycles. The minimum Gasteiger partial charge on any atom is -0.350 e. The molecule has 0 fully saturated rings. The molecular formula is C24H32N2O4S. The van der Waals surface area contributed by atoms with Crippen molar-refractivity contribution in [3.63, 3.8) is 0 Å². The normalized spacial score (nSPS) is 12.6. The minimum absolute atomic E-state index is 0.0463. The van der Waals surface area contributed by atoms with E-state index in [1.165, 1.54) is 4.31 Å². The molecule has 0 spiro atoms. The van der Waals surface area contributed by atoms with Gasteiger partial charge in [0.2, 0.25) is 15.9 Å². The van der Waals surface area contributed by atoms with E-state index < -0.39 is 10.0 Å². The van der Waals surface area contributed by atoms with E-state index in [9.17, 15) is 18.0 Å². The third-order valence-electron chi connectivity index (χ3n) is 5.37. The van der Waals surface area contributed by atoms with Crippen molar-refractivity contribution in [1.82, 2.24) is 9.62 Å². The van der Waals surface area contributed by atoms with Crippen molar-refractivity contribution >= 4 is 21.7 Å². The smallest absolute Gasteiger partial charge is 0.243 e. The van der Waals surface area contributed by atoms with Crippen LogP contribution in [0.3, 0.4) is 0 Å². The number of hydrogen-bond acceptors (Lipinski definition) is 4. The quantitative estimate of drug-likeness (QED) is 0.558. The van der Waals surface area contributed by atoms with E-state index in [0.29, 0.717) is 18.7 Å². The summed E-state index contributed by atoms with van der Waals surface area (Å²) in [5.74, 6) is -0.263. The van der Waals surface area contributed by atoms with Gasteiger partial charge in [-0.2, -0.15) is 4.31 Å². The SMILES string of the molecule is CCN(CC)S(=O)(=O)c1ccc(C(C)NC(=O)CCC(=O)c2cc(C)ccc2C)cc1. The Morgan fingerprint density at radius 3 is 2.16 bits per heavy atom. The Morgan fingerprint density at radius 1 is 0.968 bits per heavy atom. The highest BCUT2D eigenvalue weighted by Crippen LogP contribution is 2.20. The molecule has 2 aromatic rings. The Balaban J connectivity index is 1.97. The third kappa shape index (κ3) is 6.24. The largest absolute Gasteiger partial charge is 0.350 e. The number of amides is 1. The van der Waals surface area contributed by atoms with Crippen LogP contribution in [0.1, 0.15) is 66.7 Å². The topological polar surface area (TPSA) is 83.6 Å². The van der Waals surface area contributed by atoms with E-state index in [4.69, 9.17) is 0 Å². The van der Waals surface area contributed by atoms with Crippen LogP contribution in [0.2, 0.25) is 0 Å². The summed E-state index contributed by atoms with van der Waals surface area (Å²) in [6, 6.07) is 12.0. The molecule has 0 aromatic heterocycles. The first kappa shape index (κ1) is 24.8.